The number of carbonyl (C=O) groups is 1. The molecular formula is C14H20N2O3. The van der Waals surface area contributed by atoms with Crippen molar-refractivity contribution in [1.82, 2.24) is 5.32 Å². The number of hydrogen-bond acceptors (Lipinski definition) is 4. The van der Waals surface area contributed by atoms with E-state index in [1.54, 1.807) is 0 Å². The molecule has 3 N–H and O–H groups in total. The number of rotatable bonds is 5. The van der Waals surface area contributed by atoms with Crippen LogP contribution in [0.5, 0.6) is 0 Å². The second kappa shape index (κ2) is 5.93. The second-order valence-electron chi connectivity index (χ2n) is 4.89. The predicted molar refractivity (Wildman–Crippen MR) is 72.3 cm³/mol. The van der Waals surface area contributed by atoms with Gasteiger partial charge in [-0.3, -0.25) is 13.9 Å². The van der Waals surface area contributed by atoms with E-state index < -0.39 is 0 Å². The van der Waals surface area contributed by atoms with E-state index in [0.29, 0.717) is 6.42 Å². The van der Waals surface area contributed by atoms with Crippen molar-refractivity contribution in [2.24, 2.45) is 5.73 Å². The third-order valence-corrected chi connectivity index (χ3v) is 3.21. The lowest BCUT2D eigenvalue weighted by Crippen LogP contribution is -2.43. The van der Waals surface area contributed by atoms with Gasteiger partial charge >= 0.3 is 0 Å². The van der Waals surface area contributed by atoms with Gasteiger partial charge < -0.3 is 11.1 Å². The number of carbonyl (C=O) groups excluding carboxylic acids is 1. The van der Waals surface area contributed by atoms with Crippen LogP contribution < -0.4 is 21.9 Å². The van der Waals surface area contributed by atoms with Crippen molar-refractivity contribution in [3.8, 4) is 0 Å². The SMILES string of the molecule is CCC(N)/C=C\CC(=O)NC1C=c2ooc2=C(C)C1. The fourth-order valence-electron chi connectivity index (χ4n) is 2.02. The van der Waals surface area contributed by atoms with E-state index >= 15 is 0 Å². The van der Waals surface area contributed by atoms with Crippen LogP contribution in [-0.2, 0) is 4.79 Å². The standard InChI is InChI=1S/C14H20N2O3/c1-3-10(15)5-4-6-13(17)16-11-7-9(2)14-12(8-11)18-19-14/h4-5,8,10-11H,3,6-7,15H2,1-2H3,(H,16,17)/b5-4-. The van der Waals surface area contributed by atoms with Crippen LogP contribution in [0.3, 0.4) is 0 Å². The van der Waals surface area contributed by atoms with E-state index in [0.717, 1.165) is 29.2 Å². The highest BCUT2D eigenvalue weighted by Gasteiger charge is 2.18. The number of fused-ring (bicyclic) bond motifs is 1. The zero-order valence-corrected chi connectivity index (χ0v) is 11.3. The molecule has 0 bridgehead atoms. The van der Waals surface area contributed by atoms with Gasteiger partial charge in [0.1, 0.15) is 0 Å². The molecule has 1 aliphatic rings. The van der Waals surface area contributed by atoms with Crippen LogP contribution in [0, 0.1) is 0 Å². The smallest absolute Gasteiger partial charge is 0.224 e. The molecule has 104 valence electrons. The summed E-state index contributed by atoms with van der Waals surface area (Å²) in [4.78, 5) is 11.8. The molecule has 0 radical (unpaired) electrons. The van der Waals surface area contributed by atoms with Gasteiger partial charge in [-0.25, -0.2) is 0 Å². The van der Waals surface area contributed by atoms with Crippen molar-refractivity contribution in [2.75, 3.05) is 0 Å². The molecule has 0 aromatic carbocycles. The molecule has 0 spiro atoms. The van der Waals surface area contributed by atoms with Crippen molar-refractivity contribution < 1.29 is 13.9 Å². The summed E-state index contributed by atoms with van der Waals surface area (Å²) in [5, 5.41) is 2.95. The lowest BCUT2D eigenvalue weighted by Gasteiger charge is -2.17. The fourth-order valence-corrected chi connectivity index (χ4v) is 2.02. The topological polar surface area (TPSA) is 81.4 Å². The van der Waals surface area contributed by atoms with Crippen molar-refractivity contribution in [3.63, 3.8) is 0 Å². The molecule has 0 saturated heterocycles. The van der Waals surface area contributed by atoms with E-state index in [4.69, 9.17) is 14.9 Å². The van der Waals surface area contributed by atoms with Crippen molar-refractivity contribution in [1.29, 1.82) is 0 Å². The normalized spacial score (nSPS) is 20.2. The Morgan fingerprint density at radius 1 is 1.63 bits per heavy atom. The molecule has 1 heterocycles. The minimum absolute atomic E-state index is 0.0158. The van der Waals surface area contributed by atoms with Crippen LogP contribution in [0.1, 0.15) is 33.1 Å². The van der Waals surface area contributed by atoms with Crippen LogP contribution in [0.4, 0.5) is 0 Å². The van der Waals surface area contributed by atoms with Gasteiger partial charge in [0.15, 0.2) is 0 Å². The highest BCUT2D eigenvalue weighted by molar-refractivity contribution is 5.79. The summed E-state index contributed by atoms with van der Waals surface area (Å²) in [6.07, 6.45) is 7.54. The quantitative estimate of drug-likeness (QED) is 0.595. The lowest BCUT2D eigenvalue weighted by molar-refractivity contribution is -0.120. The minimum atomic E-state index is -0.0246. The molecule has 19 heavy (non-hydrogen) atoms. The van der Waals surface area contributed by atoms with Gasteiger partial charge in [-0.15, -0.1) is 0 Å². The van der Waals surface area contributed by atoms with E-state index in [9.17, 15) is 4.79 Å². The molecule has 0 fully saturated rings. The summed E-state index contributed by atoms with van der Waals surface area (Å²) in [6, 6.07) is 0.00117. The zero-order valence-electron chi connectivity index (χ0n) is 11.3. The maximum Gasteiger partial charge on any atom is 0.224 e. The second-order valence-corrected chi connectivity index (χ2v) is 4.89. The van der Waals surface area contributed by atoms with Gasteiger partial charge in [0.2, 0.25) is 16.7 Å². The first-order chi connectivity index (χ1) is 9.10. The summed E-state index contributed by atoms with van der Waals surface area (Å²) >= 11 is 0. The number of nitrogens with one attached hydrogen (secondary N) is 1. The number of hydrogen-bond donors (Lipinski definition) is 2. The summed E-state index contributed by atoms with van der Waals surface area (Å²) in [6.45, 7) is 3.99. The first-order valence-electron chi connectivity index (χ1n) is 6.58. The fraction of sp³-hybridized carbons (Fsp3) is 0.500. The van der Waals surface area contributed by atoms with Gasteiger partial charge in [-0.2, -0.15) is 0 Å². The Morgan fingerprint density at radius 2 is 2.42 bits per heavy atom. The molecule has 2 atom stereocenters. The van der Waals surface area contributed by atoms with Gasteiger partial charge in [0.25, 0.3) is 0 Å². The lowest BCUT2D eigenvalue weighted by atomic mass is 10.0. The van der Waals surface area contributed by atoms with Gasteiger partial charge in [-0.05, 0) is 31.4 Å². The van der Waals surface area contributed by atoms with Crippen LogP contribution in [0.2, 0.25) is 0 Å². The highest BCUT2D eigenvalue weighted by Crippen LogP contribution is 2.08. The first kappa shape index (κ1) is 13.7. The highest BCUT2D eigenvalue weighted by atomic mass is 17.0. The zero-order chi connectivity index (χ0) is 13.8. The van der Waals surface area contributed by atoms with E-state index in [1.807, 2.05) is 32.1 Å². The van der Waals surface area contributed by atoms with Crippen molar-refractivity contribution in [3.05, 3.63) is 23.0 Å². The number of amides is 1. The Kier molecular flexibility index (Phi) is 4.27. The molecule has 2 rings (SSSR count). The monoisotopic (exact) mass is 264 g/mol. The molecule has 0 aliphatic heterocycles. The predicted octanol–water partition coefficient (Wildman–Crippen LogP) is 0.396. The molecular weight excluding hydrogens is 244 g/mol. The summed E-state index contributed by atoms with van der Waals surface area (Å²) in [5.74, 6) is -0.0158. The largest absolute Gasteiger partial charge is 0.349 e. The summed E-state index contributed by atoms with van der Waals surface area (Å²) in [7, 11) is 0. The minimum Gasteiger partial charge on any atom is -0.349 e. The molecule has 2 unspecified atom stereocenters. The Hall–Kier alpha value is -1.75. The first-order valence-corrected chi connectivity index (χ1v) is 6.58. The Labute approximate surface area is 111 Å². The van der Waals surface area contributed by atoms with Crippen molar-refractivity contribution in [2.45, 2.75) is 45.2 Å². The van der Waals surface area contributed by atoms with Crippen LogP contribution >= 0.6 is 0 Å². The molecule has 1 aromatic rings. The summed E-state index contributed by atoms with van der Waals surface area (Å²) in [5.41, 5.74) is 8.36. The Morgan fingerprint density at radius 3 is 3.00 bits per heavy atom. The third kappa shape index (κ3) is 3.38. The van der Waals surface area contributed by atoms with Crippen LogP contribution in [0.15, 0.2) is 21.3 Å². The molecule has 5 heteroatoms. The van der Waals surface area contributed by atoms with Crippen LogP contribution in [0.25, 0.3) is 11.6 Å². The number of nitrogens with two attached hydrogens (primary N) is 1. The maximum absolute atomic E-state index is 11.8. The van der Waals surface area contributed by atoms with E-state index in [1.165, 1.54) is 0 Å². The van der Waals surface area contributed by atoms with E-state index in [2.05, 4.69) is 5.32 Å². The van der Waals surface area contributed by atoms with E-state index in [-0.39, 0.29) is 18.0 Å². The third-order valence-electron chi connectivity index (χ3n) is 3.21. The molecule has 1 amide bonds. The molecule has 1 aromatic heterocycles. The molecule has 1 aliphatic carbocycles. The Bertz CT molecular complexity index is 579. The maximum atomic E-state index is 11.8. The summed E-state index contributed by atoms with van der Waals surface area (Å²) < 4.78 is 9.74. The van der Waals surface area contributed by atoms with Gasteiger partial charge in [0, 0.05) is 12.5 Å². The van der Waals surface area contributed by atoms with Gasteiger partial charge in [-0.1, -0.05) is 19.1 Å². The van der Waals surface area contributed by atoms with Crippen LogP contribution in [-0.4, -0.2) is 18.0 Å². The molecule has 0 saturated carbocycles. The average Bonchev–Trinajstić information content (AvgIpc) is 2.32. The molecule has 5 nitrogen and oxygen atoms in total. The van der Waals surface area contributed by atoms with Crippen molar-refractivity contribution >= 4 is 17.6 Å². The average molecular weight is 264 g/mol. The van der Waals surface area contributed by atoms with Gasteiger partial charge in [0.05, 0.1) is 6.04 Å². The Balaban J connectivity index is 1.85.